The number of hydrogen-bond acceptors (Lipinski definition) is 3. The van der Waals surface area contributed by atoms with Gasteiger partial charge in [-0.2, -0.15) is 0 Å². The van der Waals surface area contributed by atoms with Gasteiger partial charge in [0, 0.05) is 24.9 Å². The lowest BCUT2D eigenvalue weighted by molar-refractivity contribution is 0.306. The number of nitrogens with two attached hydrogens (primary N) is 1. The molecule has 2 aromatic rings. The predicted octanol–water partition coefficient (Wildman–Crippen LogP) is 2.59. The van der Waals surface area contributed by atoms with Crippen LogP contribution in [0.3, 0.4) is 0 Å². The number of nitrogens with zero attached hydrogens (tertiary/aromatic N) is 3. The molecule has 1 unspecified atom stereocenters. The summed E-state index contributed by atoms with van der Waals surface area (Å²) in [5.74, 6) is 0.162. The minimum absolute atomic E-state index is 0. The maximum absolute atomic E-state index is 13.1. The van der Waals surface area contributed by atoms with Crippen LogP contribution in [0.25, 0.3) is 0 Å². The molecule has 0 amide bonds. The standard InChI is InChI=1S/C18H24FN5.HI/c1-24(2)17(14-6-8-15(19)9-7-14)13-23-18(20)22-12-10-16-5-3-4-11-21-16;/h3-9,11,17H,10,12-13H2,1-2H3,(H3,20,22,23);1H. The van der Waals surface area contributed by atoms with Gasteiger partial charge in [-0.05, 0) is 43.9 Å². The van der Waals surface area contributed by atoms with Crippen molar-refractivity contribution in [3.8, 4) is 0 Å². The molecule has 25 heavy (non-hydrogen) atoms. The van der Waals surface area contributed by atoms with Crippen LogP contribution in [0.4, 0.5) is 4.39 Å². The quantitative estimate of drug-likeness (QED) is 0.381. The zero-order chi connectivity index (χ0) is 17.4. The Labute approximate surface area is 165 Å². The lowest BCUT2D eigenvalue weighted by Gasteiger charge is -2.23. The van der Waals surface area contributed by atoms with Crippen LogP contribution in [0.1, 0.15) is 17.3 Å². The van der Waals surface area contributed by atoms with Crippen LogP contribution < -0.4 is 11.1 Å². The summed E-state index contributed by atoms with van der Waals surface area (Å²) in [4.78, 5) is 10.7. The molecular weight excluding hydrogens is 432 g/mol. The van der Waals surface area contributed by atoms with Crippen molar-refractivity contribution in [2.45, 2.75) is 12.5 Å². The third-order valence-electron chi connectivity index (χ3n) is 3.73. The number of aromatic nitrogens is 1. The first kappa shape index (κ1) is 21.3. The summed E-state index contributed by atoms with van der Waals surface area (Å²) in [6, 6.07) is 12.4. The minimum atomic E-state index is -0.240. The Hall–Kier alpha value is -1.74. The average molecular weight is 457 g/mol. The van der Waals surface area contributed by atoms with Crippen LogP contribution in [0, 0.1) is 5.82 Å². The van der Waals surface area contributed by atoms with E-state index in [9.17, 15) is 4.39 Å². The third-order valence-corrected chi connectivity index (χ3v) is 3.73. The Kier molecular flexibility index (Phi) is 9.36. The molecule has 1 aromatic heterocycles. The smallest absolute Gasteiger partial charge is 0.188 e. The molecule has 0 aliphatic rings. The van der Waals surface area contributed by atoms with Crippen LogP contribution in [0.5, 0.6) is 0 Å². The molecule has 0 bridgehead atoms. The Morgan fingerprint density at radius 2 is 1.96 bits per heavy atom. The fourth-order valence-corrected chi connectivity index (χ4v) is 2.36. The second-order valence-electron chi connectivity index (χ2n) is 5.75. The van der Waals surface area contributed by atoms with Gasteiger partial charge in [-0.1, -0.05) is 18.2 Å². The van der Waals surface area contributed by atoms with Crippen molar-refractivity contribution in [1.29, 1.82) is 0 Å². The molecule has 2 rings (SSSR count). The number of pyridine rings is 1. The van der Waals surface area contributed by atoms with Gasteiger partial charge in [0.1, 0.15) is 5.82 Å². The number of likely N-dealkylation sites (N-methyl/N-ethyl adjacent to an activating group) is 1. The van der Waals surface area contributed by atoms with Crippen molar-refractivity contribution < 1.29 is 4.39 Å². The molecule has 0 saturated heterocycles. The predicted molar refractivity (Wildman–Crippen MR) is 111 cm³/mol. The highest BCUT2D eigenvalue weighted by Crippen LogP contribution is 2.18. The first-order chi connectivity index (χ1) is 11.6. The topological polar surface area (TPSA) is 66.5 Å². The molecule has 5 nitrogen and oxygen atoms in total. The van der Waals surface area contributed by atoms with Gasteiger partial charge in [0.25, 0.3) is 0 Å². The van der Waals surface area contributed by atoms with E-state index in [0.29, 0.717) is 19.0 Å². The van der Waals surface area contributed by atoms with Crippen LogP contribution in [0.15, 0.2) is 53.7 Å². The average Bonchev–Trinajstić information content (AvgIpc) is 2.57. The van der Waals surface area contributed by atoms with Gasteiger partial charge in [0.2, 0.25) is 0 Å². The number of benzene rings is 1. The molecule has 1 atom stereocenters. The first-order valence-corrected chi connectivity index (χ1v) is 7.92. The van der Waals surface area contributed by atoms with E-state index in [-0.39, 0.29) is 35.8 Å². The molecule has 0 fully saturated rings. The Balaban J connectivity index is 0.00000312. The molecule has 7 heteroatoms. The van der Waals surface area contributed by atoms with Crippen molar-refractivity contribution in [2.24, 2.45) is 10.7 Å². The van der Waals surface area contributed by atoms with Crippen LogP contribution in [-0.4, -0.2) is 43.0 Å². The van der Waals surface area contributed by atoms with Crippen molar-refractivity contribution in [2.75, 3.05) is 27.2 Å². The van der Waals surface area contributed by atoms with Gasteiger partial charge in [-0.25, -0.2) is 4.39 Å². The third kappa shape index (κ3) is 7.35. The van der Waals surface area contributed by atoms with E-state index in [0.717, 1.165) is 17.7 Å². The van der Waals surface area contributed by atoms with Crippen molar-refractivity contribution in [1.82, 2.24) is 15.2 Å². The largest absolute Gasteiger partial charge is 0.370 e. The second kappa shape index (κ2) is 11.0. The molecule has 1 heterocycles. The molecule has 3 N–H and O–H groups in total. The summed E-state index contributed by atoms with van der Waals surface area (Å²) in [6.07, 6.45) is 2.56. The highest BCUT2D eigenvalue weighted by molar-refractivity contribution is 14.0. The summed E-state index contributed by atoms with van der Waals surface area (Å²) >= 11 is 0. The fraction of sp³-hybridized carbons (Fsp3) is 0.333. The summed E-state index contributed by atoms with van der Waals surface area (Å²) in [6.45, 7) is 1.18. The van der Waals surface area contributed by atoms with Crippen molar-refractivity contribution in [3.63, 3.8) is 0 Å². The van der Waals surface area contributed by atoms with E-state index in [2.05, 4.69) is 15.3 Å². The van der Waals surface area contributed by atoms with E-state index >= 15 is 0 Å². The molecule has 136 valence electrons. The van der Waals surface area contributed by atoms with Crippen LogP contribution >= 0.6 is 24.0 Å². The van der Waals surface area contributed by atoms with Crippen molar-refractivity contribution >= 4 is 29.9 Å². The van der Waals surface area contributed by atoms with Gasteiger partial charge >= 0.3 is 0 Å². The SMILES string of the molecule is CN(C)C(CN=C(N)NCCc1ccccn1)c1ccc(F)cc1.I. The van der Waals surface area contributed by atoms with E-state index < -0.39 is 0 Å². The zero-order valence-electron chi connectivity index (χ0n) is 14.5. The molecule has 0 saturated carbocycles. The number of hydrogen-bond donors (Lipinski definition) is 2. The van der Waals surface area contributed by atoms with Crippen LogP contribution in [-0.2, 0) is 6.42 Å². The van der Waals surface area contributed by atoms with Crippen molar-refractivity contribution in [3.05, 3.63) is 65.7 Å². The maximum atomic E-state index is 13.1. The summed E-state index contributed by atoms with van der Waals surface area (Å²) in [5.41, 5.74) is 7.94. The Morgan fingerprint density at radius 3 is 2.56 bits per heavy atom. The Bertz CT molecular complexity index is 646. The minimum Gasteiger partial charge on any atom is -0.370 e. The molecule has 0 spiro atoms. The summed E-state index contributed by atoms with van der Waals surface area (Å²) in [5, 5.41) is 3.10. The number of nitrogens with one attached hydrogen (secondary N) is 1. The molecule has 0 aliphatic carbocycles. The normalized spacial score (nSPS) is 12.6. The number of guanidine groups is 1. The van der Waals surface area contributed by atoms with Gasteiger partial charge in [-0.3, -0.25) is 9.98 Å². The fourth-order valence-electron chi connectivity index (χ4n) is 2.36. The van der Waals surface area contributed by atoms with Gasteiger partial charge in [0.05, 0.1) is 12.6 Å². The molecule has 0 aliphatic heterocycles. The first-order valence-electron chi connectivity index (χ1n) is 7.92. The summed E-state index contributed by atoms with van der Waals surface area (Å²) in [7, 11) is 3.93. The zero-order valence-corrected chi connectivity index (χ0v) is 16.9. The maximum Gasteiger partial charge on any atom is 0.188 e. The van der Waals surface area contributed by atoms with Gasteiger partial charge < -0.3 is 16.0 Å². The van der Waals surface area contributed by atoms with E-state index in [1.54, 1.807) is 18.3 Å². The second-order valence-corrected chi connectivity index (χ2v) is 5.75. The lowest BCUT2D eigenvalue weighted by atomic mass is 10.1. The molecular formula is C18H25FIN5. The summed E-state index contributed by atoms with van der Waals surface area (Å²) < 4.78 is 13.1. The highest BCUT2D eigenvalue weighted by atomic mass is 127. The number of aliphatic imine (C=N–C) groups is 1. The van der Waals surface area contributed by atoms with Crippen LogP contribution in [0.2, 0.25) is 0 Å². The van der Waals surface area contributed by atoms with E-state index in [1.165, 1.54) is 12.1 Å². The van der Waals surface area contributed by atoms with Gasteiger partial charge in [0.15, 0.2) is 5.96 Å². The Morgan fingerprint density at radius 1 is 1.24 bits per heavy atom. The van der Waals surface area contributed by atoms with Gasteiger partial charge in [-0.15, -0.1) is 24.0 Å². The number of halogens is 2. The highest BCUT2D eigenvalue weighted by Gasteiger charge is 2.13. The van der Waals surface area contributed by atoms with E-state index in [1.807, 2.05) is 37.2 Å². The molecule has 0 radical (unpaired) electrons. The number of rotatable bonds is 7. The van der Waals surface area contributed by atoms with E-state index in [4.69, 9.17) is 5.73 Å². The monoisotopic (exact) mass is 457 g/mol. The molecule has 1 aromatic carbocycles. The lowest BCUT2D eigenvalue weighted by Crippen LogP contribution is -2.34.